The molecule has 106 valence electrons. The van der Waals surface area contributed by atoms with Crippen LogP contribution in [0, 0.1) is 0 Å². The Labute approximate surface area is 113 Å². The van der Waals surface area contributed by atoms with Gasteiger partial charge >= 0.3 is 0 Å². The molecule has 0 unspecified atom stereocenters. The highest BCUT2D eigenvalue weighted by atomic mass is 16.7. The van der Waals surface area contributed by atoms with Crippen molar-refractivity contribution in [2.45, 2.75) is 50.5 Å². The molecule has 0 bridgehead atoms. The van der Waals surface area contributed by atoms with Crippen molar-refractivity contribution >= 4 is 0 Å². The van der Waals surface area contributed by atoms with E-state index in [1.54, 1.807) is 0 Å². The third kappa shape index (κ3) is 3.35. The first kappa shape index (κ1) is 13.1. The van der Waals surface area contributed by atoms with E-state index in [0.717, 1.165) is 58.5 Å². The maximum Gasteiger partial charge on any atom is 0.168 e. The average molecular weight is 266 g/mol. The first-order valence-corrected chi connectivity index (χ1v) is 7.22. The lowest BCUT2D eigenvalue weighted by molar-refractivity contribution is -0.191. The first-order valence-electron chi connectivity index (χ1n) is 7.22. The largest absolute Gasteiger partial charge is 0.378 e. The SMILES string of the molecule is c1cn(CCCOC2CCC3(CC2)OCCO3)cn1. The van der Waals surface area contributed by atoms with Gasteiger partial charge in [0.15, 0.2) is 5.79 Å². The Hall–Kier alpha value is -0.910. The minimum Gasteiger partial charge on any atom is -0.378 e. The molecule has 0 atom stereocenters. The van der Waals surface area contributed by atoms with Crippen LogP contribution in [-0.2, 0) is 20.8 Å². The van der Waals surface area contributed by atoms with Crippen molar-refractivity contribution in [1.82, 2.24) is 9.55 Å². The van der Waals surface area contributed by atoms with Crippen LogP contribution in [0.25, 0.3) is 0 Å². The van der Waals surface area contributed by atoms with Gasteiger partial charge in [-0.15, -0.1) is 0 Å². The molecule has 5 heteroatoms. The quantitative estimate of drug-likeness (QED) is 0.764. The highest BCUT2D eigenvalue weighted by Gasteiger charge is 2.40. The van der Waals surface area contributed by atoms with Crippen molar-refractivity contribution in [2.24, 2.45) is 0 Å². The lowest BCUT2D eigenvalue weighted by atomic mass is 9.92. The predicted octanol–water partition coefficient (Wildman–Crippen LogP) is 1.98. The number of aryl methyl sites for hydroxylation is 1. The van der Waals surface area contributed by atoms with E-state index in [9.17, 15) is 0 Å². The standard InChI is InChI=1S/C14H22N2O3/c1(7-16-8-6-15-12-16)9-17-13-2-4-14(5-3-13)18-10-11-19-14/h6,8,12-13H,1-5,7,9-11H2. The van der Waals surface area contributed by atoms with Gasteiger partial charge in [0.1, 0.15) is 0 Å². The molecule has 19 heavy (non-hydrogen) atoms. The van der Waals surface area contributed by atoms with Crippen LogP contribution in [0.2, 0.25) is 0 Å². The molecule has 2 aliphatic rings. The summed E-state index contributed by atoms with van der Waals surface area (Å²) in [7, 11) is 0. The van der Waals surface area contributed by atoms with E-state index in [1.165, 1.54) is 0 Å². The third-order valence-electron chi connectivity index (χ3n) is 3.98. The summed E-state index contributed by atoms with van der Waals surface area (Å²) in [6.45, 7) is 3.29. The van der Waals surface area contributed by atoms with E-state index in [-0.39, 0.29) is 5.79 Å². The Morgan fingerprint density at radius 2 is 2.05 bits per heavy atom. The number of rotatable bonds is 5. The van der Waals surface area contributed by atoms with E-state index in [2.05, 4.69) is 9.55 Å². The minimum atomic E-state index is -0.267. The van der Waals surface area contributed by atoms with Gasteiger partial charge in [0.25, 0.3) is 0 Å². The van der Waals surface area contributed by atoms with Crippen LogP contribution in [0.3, 0.4) is 0 Å². The first-order chi connectivity index (χ1) is 9.36. The number of hydrogen-bond donors (Lipinski definition) is 0. The number of ether oxygens (including phenoxy) is 3. The van der Waals surface area contributed by atoms with Crippen molar-refractivity contribution in [3.8, 4) is 0 Å². The molecule has 1 aromatic heterocycles. The van der Waals surface area contributed by atoms with Crippen LogP contribution in [0.5, 0.6) is 0 Å². The Balaban J connectivity index is 1.31. The Kier molecular flexibility index (Phi) is 4.15. The summed E-state index contributed by atoms with van der Waals surface area (Å²) < 4.78 is 19.5. The molecule has 3 rings (SSSR count). The fourth-order valence-electron chi connectivity index (χ4n) is 2.90. The van der Waals surface area contributed by atoms with Gasteiger partial charge < -0.3 is 18.8 Å². The monoisotopic (exact) mass is 266 g/mol. The number of aromatic nitrogens is 2. The van der Waals surface area contributed by atoms with Crippen molar-refractivity contribution in [1.29, 1.82) is 0 Å². The second-order valence-electron chi connectivity index (χ2n) is 5.33. The zero-order chi connectivity index (χ0) is 13.0. The molecule has 1 aromatic rings. The summed E-state index contributed by atoms with van der Waals surface area (Å²) in [6, 6.07) is 0. The van der Waals surface area contributed by atoms with Crippen molar-refractivity contribution in [3.63, 3.8) is 0 Å². The molecule has 0 N–H and O–H groups in total. The second kappa shape index (κ2) is 6.03. The number of nitrogens with zero attached hydrogens (tertiary/aromatic N) is 2. The van der Waals surface area contributed by atoms with Crippen molar-refractivity contribution in [3.05, 3.63) is 18.7 Å². The molecule has 5 nitrogen and oxygen atoms in total. The fourth-order valence-corrected chi connectivity index (χ4v) is 2.90. The smallest absolute Gasteiger partial charge is 0.168 e. The van der Waals surface area contributed by atoms with Crippen LogP contribution in [0.15, 0.2) is 18.7 Å². The minimum absolute atomic E-state index is 0.267. The average Bonchev–Trinajstić information content (AvgIpc) is 3.09. The lowest BCUT2D eigenvalue weighted by Crippen LogP contribution is -2.37. The molecular weight excluding hydrogens is 244 g/mol. The summed E-state index contributed by atoms with van der Waals surface area (Å²) in [5.41, 5.74) is 0. The normalized spacial score (nSPS) is 23.2. The molecule has 1 aliphatic carbocycles. The highest BCUT2D eigenvalue weighted by molar-refractivity contribution is 4.82. The molecule has 1 spiro atoms. The van der Waals surface area contributed by atoms with E-state index < -0.39 is 0 Å². The third-order valence-corrected chi connectivity index (χ3v) is 3.98. The molecule has 0 radical (unpaired) electrons. The maximum absolute atomic E-state index is 5.94. The summed E-state index contributed by atoms with van der Waals surface area (Å²) >= 11 is 0. The number of imidazole rings is 1. The molecule has 1 saturated heterocycles. The Morgan fingerprint density at radius 3 is 2.74 bits per heavy atom. The van der Waals surface area contributed by atoms with E-state index in [4.69, 9.17) is 14.2 Å². The zero-order valence-electron chi connectivity index (χ0n) is 11.3. The van der Waals surface area contributed by atoms with E-state index in [0.29, 0.717) is 6.10 Å². The van der Waals surface area contributed by atoms with Crippen LogP contribution in [0.1, 0.15) is 32.1 Å². The van der Waals surface area contributed by atoms with Gasteiger partial charge in [0, 0.05) is 38.4 Å². The lowest BCUT2D eigenvalue weighted by Gasteiger charge is -2.35. The second-order valence-corrected chi connectivity index (χ2v) is 5.33. The van der Waals surface area contributed by atoms with Gasteiger partial charge in [-0.2, -0.15) is 0 Å². The fraction of sp³-hybridized carbons (Fsp3) is 0.786. The Morgan fingerprint density at radius 1 is 1.26 bits per heavy atom. The molecule has 1 aliphatic heterocycles. The number of hydrogen-bond acceptors (Lipinski definition) is 4. The van der Waals surface area contributed by atoms with E-state index in [1.807, 2.05) is 18.7 Å². The van der Waals surface area contributed by atoms with Gasteiger partial charge in [-0.3, -0.25) is 0 Å². The van der Waals surface area contributed by atoms with Crippen LogP contribution >= 0.6 is 0 Å². The van der Waals surface area contributed by atoms with Crippen LogP contribution in [-0.4, -0.2) is 41.3 Å². The summed E-state index contributed by atoms with van der Waals surface area (Å²) in [6.07, 6.45) is 11.1. The topological polar surface area (TPSA) is 45.5 Å². The summed E-state index contributed by atoms with van der Waals surface area (Å²) in [5, 5.41) is 0. The van der Waals surface area contributed by atoms with Gasteiger partial charge in [-0.25, -0.2) is 4.98 Å². The van der Waals surface area contributed by atoms with Crippen molar-refractivity contribution in [2.75, 3.05) is 19.8 Å². The molecule has 0 aromatic carbocycles. The summed E-state index contributed by atoms with van der Waals surface area (Å²) in [4.78, 5) is 4.03. The summed E-state index contributed by atoms with van der Waals surface area (Å²) in [5.74, 6) is -0.267. The van der Waals surface area contributed by atoms with Crippen LogP contribution in [0.4, 0.5) is 0 Å². The molecule has 0 amide bonds. The maximum atomic E-state index is 5.94. The van der Waals surface area contributed by atoms with Gasteiger partial charge in [-0.05, 0) is 19.3 Å². The van der Waals surface area contributed by atoms with Gasteiger partial charge in [-0.1, -0.05) is 0 Å². The molecule has 2 heterocycles. The van der Waals surface area contributed by atoms with Gasteiger partial charge in [0.05, 0.1) is 25.6 Å². The highest BCUT2D eigenvalue weighted by Crippen LogP contribution is 2.36. The Bertz CT molecular complexity index is 364. The van der Waals surface area contributed by atoms with Gasteiger partial charge in [0.2, 0.25) is 0 Å². The molecule has 1 saturated carbocycles. The van der Waals surface area contributed by atoms with E-state index >= 15 is 0 Å². The zero-order valence-corrected chi connectivity index (χ0v) is 11.3. The predicted molar refractivity (Wildman–Crippen MR) is 69.7 cm³/mol. The molecular formula is C14H22N2O3. The van der Waals surface area contributed by atoms with Crippen molar-refractivity contribution < 1.29 is 14.2 Å². The van der Waals surface area contributed by atoms with Crippen LogP contribution < -0.4 is 0 Å². The molecule has 2 fully saturated rings.